The first-order valence-electron chi connectivity index (χ1n) is 10.5. The van der Waals surface area contributed by atoms with Crippen molar-refractivity contribution in [2.45, 2.75) is 17.7 Å². The minimum Gasteiger partial charge on any atom is -0.497 e. The Labute approximate surface area is 201 Å². The SMILES string of the molecule is COc1ccc(-c2csc(NC(=O)C3CCN(S(=O)(=O)c4ccccc4C(=O)O)CC3)n2)cc1. The molecule has 1 aliphatic rings. The number of ether oxygens (including phenoxy) is 1. The summed E-state index contributed by atoms with van der Waals surface area (Å²) in [4.78, 5) is 28.4. The topological polar surface area (TPSA) is 126 Å². The van der Waals surface area contributed by atoms with E-state index in [1.807, 2.05) is 29.6 Å². The smallest absolute Gasteiger partial charge is 0.337 e. The average molecular weight is 502 g/mol. The molecule has 34 heavy (non-hydrogen) atoms. The van der Waals surface area contributed by atoms with E-state index in [-0.39, 0.29) is 35.4 Å². The molecule has 2 heterocycles. The van der Waals surface area contributed by atoms with Crippen LogP contribution in [-0.2, 0) is 14.8 Å². The van der Waals surface area contributed by atoms with E-state index in [1.165, 1.54) is 39.9 Å². The number of carboxylic acids is 1. The summed E-state index contributed by atoms with van der Waals surface area (Å²) in [6.45, 7) is 0.257. The van der Waals surface area contributed by atoms with Crippen molar-refractivity contribution in [3.63, 3.8) is 0 Å². The molecule has 0 aliphatic carbocycles. The molecule has 1 fully saturated rings. The lowest BCUT2D eigenvalue weighted by atomic mass is 9.97. The standard InChI is InChI=1S/C23H23N3O6S2/c1-32-17-8-6-15(7-9-17)19-14-33-23(24-19)25-21(27)16-10-12-26(13-11-16)34(30,31)20-5-3-2-4-18(20)22(28)29/h2-9,14,16H,10-13H2,1H3,(H,28,29)(H,24,25,27). The van der Waals surface area contributed by atoms with Crippen LogP contribution >= 0.6 is 11.3 Å². The quantitative estimate of drug-likeness (QED) is 0.507. The van der Waals surface area contributed by atoms with Crippen LogP contribution in [0.5, 0.6) is 5.75 Å². The van der Waals surface area contributed by atoms with Crippen LogP contribution in [-0.4, -0.2) is 54.9 Å². The molecule has 3 aromatic rings. The molecule has 1 amide bonds. The van der Waals surface area contributed by atoms with Gasteiger partial charge in [-0.15, -0.1) is 11.3 Å². The fourth-order valence-electron chi connectivity index (χ4n) is 3.80. The number of carboxylic acid groups (broad SMARTS) is 1. The number of nitrogens with zero attached hydrogens (tertiary/aromatic N) is 2. The number of carbonyl (C=O) groups is 2. The number of aromatic nitrogens is 1. The van der Waals surface area contributed by atoms with Crippen molar-refractivity contribution in [1.29, 1.82) is 0 Å². The minimum absolute atomic E-state index is 0.128. The zero-order valence-electron chi connectivity index (χ0n) is 18.3. The van der Waals surface area contributed by atoms with Gasteiger partial charge in [-0.05, 0) is 49.2 Å². The van der Waals surface area contributed by atoms with E-state index in [0.717, 1.165) is 17.0 Å². The maximum absolute atomic E-state index is 13.0. The number of hydrogen-bond donors (Lipinski definition) is 2. The first-order chi connectivity index (χ1) is 16.3. The Balaban J connectivity index is 1.38. The van der Waals surface area contributed by atoms with Crippen molar-refractivity contribution < 1.29 is 27.9 Å². The molecule has 0 bridgehead atoms. The Morgan fingerprint density at radius 3 is 2.44 bits per heavy atom. The monoisotopic (exact) mass is 501 g/mol. The molecule has 178 valence electrons. The van der Waals surface area contributed by atoms with Crippen molar-refractivity contribution in [3.8, 4) is 17.0 Å². The molecule has 0 atom stereocenters. The normalized spacial score (nSPS) is 15.1. The maximum atomic E-state index is 13.0. The molecule has 2 N–H and O–H groups in total. The molecule has 9 nitrogen and oxygen atoms in total. The van der Waals surface area contributed by atoms with Crippen molar-refractivity contribution >= 4 is 38.4 Å². The number of piperidine rings is 1. The highest BCUT2D eigenvalue weighted by Gasteiger charge is 2.34. The number of nitrogens with one attached hydrogen (secondary N) is 1. The number of amides is 1. The third-order valence-electron chi connectivity index (χ3n) is 5.68. The summed E-state index contributed by atoms with van der Waals surface area (Å²) in [6, 6.07) is 13.0. The number of carbonyl (C=O) groups excluding carboxylic acids is 1. The Kier molecular flexibility index (Phi) is 6.96. The van der Waals surface area contributed by atoms with Crippen molar-refractivity contribution in [2.24, 2.45) is 5.92 Å². The number of anilines is 1. The lowest BCUT2D eigenvalue weighted by molar-refractivity contribution is -0.120. The molecule has 1 saturated heterocycles. The van der Waals surface area contributed by atoms with Crippen LogP contribution in [0.1, 0.15) is 23.2 Å². The van der Waals surface area contributed by atoms with E-state index in [9.17, 15) is 23.1 Å². The van der Waals surface area contributed by atoms with Crippen LogP contribution < -0.4 is 10.1 Å². The van der Waals surface area contributed by atoms with Gasteiger partial charge in [-0.2, -0.15) is 4.31 Å². The van der Waals surface area contributed by atoms with Gasteiger partial charge in [0, 0.05) is 30.0 Å². The zero-order chi connectivity index (χ0) is 24.3. The van der Waals surface area contributed by atoms with Crippen molar-refractivity contribution in [3.05, 3.63) is 59.5 Å². The van der Waals surface area contributed by atoms with Gasteiger partial charge in [0.2, 0.25) is 15.9 Å². The molecule has 0 spiro atoms. The summed E-state index contributed by atoms with van der Waals surface area (Å²) < 4.78 is 32.4. The number of benzene rings is 2. The highest BCUT2D eigenvalue weighted by molar-refractivity contribution is 7.89. The maximum Gasteiger partial charge on any atom is 0.337 e. The number of rotatable bonds is 7. The molecule has 0 unspecified atom stereocenters. The fourth-order valence-corrected chi connectivity index (χ4v) is 6.17. The zero-order valence-corrected chi connectivity index (χ0v) is 19.9. The van der Waals surface area contributed by atoms with Gasteiger partial charge in [-0.25, -0.2) is 18.2 Å². The molecular weight excluding hydrogens is 478 g/mol. The van der Waals surface area contributed by atoms with Crippen LogP contribution in [0.15, 0.2) is 58.8 Å². The van der Waals surface area contributed by atoms with E-state index < -0.39 is 16.0 Å². The highest BCUT2D eigenvalue weighted by atomic mass is 32.2. The number of hydrogen-bond acceptors (Lipinski definition) is 7. The number of sulfonamides is 1. The first kappa shape index (κ1) is 23.9. The predicted molar refractivity (Wildman–Crippen MR) is 128 cm³/mol. The van der Waals surface area contributed by atoms with Crippen LogP contribution in [0.3, 0.4) is 0 Å². The fraction of sp³-hybridized carbons (Fsp3) is 0.261. The van der Waals surface area contributed by atoms with Gasteiger partial charge in [0.25, 0.3) is 0 Å². The predicted octanol–water partition coefficient (Wildman–Crippen LogP) is 3.56. The second-order valence-electron chi connectivity index (χ2n) is 7.74. The van der Waals surface area contributed by atoms with E-state index in [0.29, 0.717) is 18.0 Å². The third-order valence-corrected chi connectivity index (χ3v) is 8.39. The summed E-state index contributed by atoms with van der Waals surface area (Å²) in [5, 5.41) is 14.5. The molecule has 4 rings (SSSR count). The summed E-state index contributed by atoms with van der Waals surface area (Å²) in [5.41, 5.74) is 1.37. The van der Waals surface area contributed by atoms with E-state index in [1.54, 1.807) is 7.11 Å². The van der Waals surface area contributed by atoms with Gasteiger partial charge in [0.1, 0.15) is 5.75 Å². The Hall–Kier alpha value is -3.28. The van der Waals surface area contributed by atoms with E-state index in [2.05, 4.69) is 10.3 Å². The van der Waals surface area contributed by atoms with Crippen molar-refractivity contribution in [2.75, 3.05) is 25.5 Å². The second-order valence-corrected chi connectivity index (χ2v) is 10.5. The van der Waals surface area contributed by atoms with E-state index >= 15 is 0 Å². The van der Waals surface area contributed by atoms with Crippen LogP contribution in [0.25, 0.3) is 11.3 Å². The van der Waals surface area contributed by atoms with Gasteiger partial charge >= 0.3 is 5.97 Å². The van der Waals surface area contributed by atoms with Crippen molar-refractivity contribution in [1.82, 2.24) is 9.29 Å². The Morgan fingerprint density at radius 2 is 1.79 bits per heavy atom. The van der Waals surface area contributed by atoms with E-state index in [4.69, 9.17) is 4.74 Å². The van der Waals surface area contributed by atoms with Gasteiger partial charge in [-0.3, -0.25) is 4.79 Å². The Morgan fingerprint density at radius 1 is 1.12 bits per heavy atom. The van der Waals surface area contributed by atoms with Crippen LogP contribution in [0.4, 0.5) is 5.13 Å². The summed E-state index contributed by atoms with van der Waals surface area (Å²) in [7, 11) is -2.38. The second kappa shape index (κ2) is 9.92. The lowest BCUT2D eigenvalue weighted by Gasteiger charge is -2.30. The van der Waals surface area contributed by atoms with Crippen LogP contribution in [0, 0.1) is 5.92 Å². The summed E-state index contributed by atoms with van der Waals surface area (Å²) in [6.07, 6.45) is 0.661. The molecule has 0 saturated carbocycles. The average Bonchev–Trinajstić information content (AvgIpc) is 3.32. The molecule has 11 heteroatoms. The van der Waals surface area contributed by atoms with Gasteiger partial charge < -0.3 is 15.2 Å². The van der Waals surface area contributed by atoms with Gasteiger partial charge in [0.15, 0.2) is 5.13 Å². The first-order valence-corrected chi connectivity index (χ1v) is 12.8. The molecular formula is C23H23N3O6S2. The van der Waals surface area contributed by atoms with Gasteiger partial charge in [0.05, 0.1) is 23.3 Å². The molecule has 0 radical (unpaired) electrons. The molecule has 1 aliphatic heterocycles. The van der Waals surface area contributed by atoms with Gasteiger partial charge in [-0.1, -0.05) is 12.1 Å². The number of thiazole rings is 1. The number of methoxy groups -OCH3 is 1. The largest absolute Gasteiger partial charge is 0.497 e. The molecule has 2 aromatic carbocycles. The summed E-state index contributed by atoms with van der Waals surface area (Å²) >= 11 is 1.32. The minimum atomic E-state index is -3.98. The molecule has 1 aromatic heterocycles. The Bertz CT molecular complexity index is 1300. The van der Waals surface area contributed by atoms with Crippen LogP contribution in [0.2, 0.25) is 0 Å². The summed E-state index contributed by atoms with van der Waals surface area (Å²) in [5.74, 6) is -1.13. The third kappa shape index (κ3) is 4.96. The number of aromatic carboxylic acids is 1. The lowest BCUT2D eigenvalue weighted by Crippen LogP contribution is -2.41. The highest BCUT2D eigenvalue weighted by Crippen LogP contribution is 2.29.